The van der Waals surface area contributed by atoms with Gasteiger partial charge in [-0.2, -0.15) is 59.7 Å². The van der Waals surface area contributed by atoms with Crippen LogP contribution < -0.4 is 24.8 Å². The summed E-state index contributed by atoms with van der Waals surface area (Å²) in [4.78, 5) is 0. The molecule has 4 aromatic rings. The summed E-state index contributed by atoms with van der Waals surface area (Å²) in [5.74, 6) is 0. The summed E-state index contributed by atoms with van der Waals surface area (Å²) in [5, 5.41) is 0. The van der Waals surface area contributed by atoms with E-state index in [9.17, 15) is 0 Å². The van der Waals surface area contributed by atoms with Crippen molar-refractivity contribution in [2.24, 2.45) is 0 Å². The van der Waals surface area contributed by atoms with Crippen LogP contribution in [0, 0.1) is 12.1 Å². The van der Waals surface area contributed by atoms with Gasteiger partial charge in [-0.15, -0.1) is 11.1 Å². The van der Waals surface area contributed by atoms with Crippen LogP contribution >= 0.6 is 0 Å². The van der Waals surface area contributed by atoms with Gasteiger partial charge >= 0.3 is 52.4 Å². The fourth-order valence-corrected chi connectivity index (χ4v) is 4.00. The molecule has 30 heavy (non-hydrogen) atoms. The first kappa shape index (κ1) is 27.3. The molecule has 4 aromatic carbocycles. The van der Waals surface area contributed by atoms with Crippen LogP contribution in [0.1, 0.15) is 22.3 Å². The Kier molecular flexibility index (Phi) is 11.2. The number of hydrogen-bond donors (Lipinski definition) is 0. The summed E-state index contributed by atoms with van der Waals surface area (Å²) in [6.45, 7) is 0. The zero-order valence-electron chi connectivity index (χ0n) is 16.3. The Morgan fingerprint density at radius 3 is 1.27 bits per heavy atom. The van der Waals surface area contributed by atoms with E-state index >= 15 is 0 Å². The summed E-state index contributed by atoms with van der Waals surface area (Å²) in [7, 11) is 0. The van der Waals surface area contributed by atoms with Crippen molar-refractivity contribution in [3.8, 4) is 22.3 Å². The number of rotatable bonds is 0. The molecule has 0 unspecified atom stereocenters. The second-order valence-electron chi connectivity index (χ2n) is 6.79. The molecule has 0 aromatic heterocycles. The number of fused-ring (bicyclic) bond motifs is 6. The van der Waals surface area contributed by atoms with Crippen molar-refractivity contribution in [2.45, 2.75) is 12.8 Å². The van der Waals surface area contributed by atoms with Crippen LogP contribution in [0.5, 0.6) is 0 Å². The summed E-state index contributed by atoms with van der Waals surface area (Å²) in [6.07, 6.45) is 2.10. The first-order valence-corrected chi connectivity index (χ1v) is 9.06. The molecule has 0 aliphatic heterocycles. The Morgan fingerprint density at radius 2 is 0.833 bits per heavy atom. The molecule has 6 rings (SSSR count). The first-order valence-electron chi connectivity index (χ1n) is 9.06. The molecule has 2 aliphatic rings. The summed E-state index contributed by atoms with van der Waals surface area (Å²) in [6, 6.07) is 36.2. The van der Waals surface area contributed by atoms with E-state index in [1.54, 1.807) is 0 Å². The van der Waals surface area contributed by atoms with E-state index < -0.39 is 0 Å². The van der Waals surface area contributed by atoms with Crippen LogP contribution in [0.3, 0.4) is 0 Å². The molecular formula is C26H18Cl2Zr2. The minimum atomic E-state index is 0. The van der Waals surface area contributed by atoms with Crippen molar-refractivity contribution in [3.05, 3.63) is 119 Å². The molecule has 4 heteroatoms. The molecule has 0 amide bonds. The van der Waals surface area contributed by atoms with E-state index in [-0.39, 0.29) is 77.2 Å². The fourth-order valence-electron chi connectivity index (χ4n) is 4.00. The average molecular weight is 584 g/mol. The SMILES string of the molecule is [Cl-].[Cl-].[Zr+2].[Zr+2].[c-]1cccc2c1Cc1ccccc1-2.[c-]1cccc2c1Cc1ccccc1-2. The zero-order chi connectivity index (χ0) is 17.3. The molecule has 2 aliphatic carbocycles. The van der Waals surface area contributed by atoms with Gasteiger partial charge in [0.1, 0.15) is 0 Å². The van der Waals surface area contributed by atoms with E-state index in [2.05, 4.69) is 84.9 Å². The second-order valence-corrected chi connectivity index (χ2v) is 6.79. The third-order valence-corrected chi connectivity index (χ3v) is 5.23. The molecule has 0 bridgehead atoms. The topological polar surface area (TPSA) is 0 Å². The minimum Gasteiger partial charge on any atom is -1.00 e. The van der Waals surface area contributed by atoms with Crippen molar-refractivity contribution < 1.29 is 77.2 Å². The molecule has 144 valence electrons. The van der Waals surface area contributed by atoms with Crippen molar-refractivity contribution in [3.63, 3.8) is 0 Å². The third kappa shape index (κ3) is 5.34. The first-order chi connectivity index (χ1) is 12.9. The van der Waals surface area contributed by atoms with Crippen molar-refractivity contribution in [1.29, 1.82) is 0 Å². The number of hydrogen-bond acceptors (Lipinski definition) is 0. The van der Waals surface area contributed by atoms with Gasteiger partial charge in [-0.25, -0.2) is 0 Å². The molecule has 0 fully saturated rings. The van der Waals surface area contributed by atoms with Gasteiger partial charge in [0.25, 0.3) is 0 Å². The smallest absolute Gasteiger partial charge is 1.00 e. The van der Waals surface area contributed by atoms with Gasteiger partial charge < -0.3 is 24.8 Å². The van der Waals surface area contributed by atoms with E-state index in [0.29, 0.717) is 0 Å². The zero-order valence-corrected chi connectivity index (χ0v) is 22.7. The summed E-state index contributed by atoms with van der Waals surface area (Å²) < 4.78 is 0. The van der Waals surface area contributed by atoms with Crippen LogP contribution in [-0.2, 0) is 65.2 Å². The predicted octanol–water partition coefficient (Wildman–Crippen LogP) is 0.119. The Balaban J connectivity index is 0.000000265. The maximum absolute atomic E-state index is 3.30. The Bertz CT molecular complexity index is 933. The maximum Gasteiger partial charge on any atom is 2.00 e. The van der Waals surface area contributed by atoms with E-state index in [1.807, 2.05) is 12.1 Å². The van der Waals surface area contributed by atoms with Gasteiger partial charge in [-0.1, -0.05) is 70.8 Å². The number of benzene rings is 4. The van der Waals surface area contributed by atoms with Crippen LogP contribution in [0.15, 0.2) is 84.9 Å². The van der Waals surface area contributed by atoms with Crippen molar-refractivity contribution in [2.75, 3.05) is 0 Å². The second kappa shape index (κ2) is 12.3. The molecule has 0 saturated carbocycles. The molecular weight excluding hydrogens is 566 g/mol. The quantitative estimate of drug-likeness (QED) is 0.223. The van der Waals surface area contributed by atoms with Crippen LogP contribution in [0.2, 0.25) is 0 Å². The van der Waals surface area contributed by atoms with Crippen LogP contribution in [-0.4, -0.2) is 0 Å². The predicted molar refractivity (Wildman–Crippen MR) is 107 cm³/mol. The monoisotopic (exact) mass is 580 g/mol. The van der Waals surface area contributed by atoms with E-state index in [0.717, 1.165) is 12.8 Å². The average Bonchev–Trinajstić information content (AvgIpc) is 3.27. The molecule has 0 heterocycles. The van der Waals surface area contributed by atoms with Gasteiger partial charge in [0, 0.05) is 0 Å². The van der Waals surface area contributed by atoms with Gasteiger partial charge in [0.05, 0.1) is 0 Å². The molecule has 0 N–H and O–H groups in total. The molecule has 0 nitrogen and oxygen atoms in total. The van der Waals surface area contributed by atoms with Gasteiger partial charge in [-0.3, -0.25) is 0 Å². The number of halogens is 2. The van der Waals surface area contributed by atoms with Crippen LogP contribution in [0.4, 0.5) is 0 Å². The Morgan fingerprint density at radius 1 is 0.467 bits per heavy atom. The van der Waals surface area contributed by atoms with E-state index in [4.69, 9.17) is 0 Å². The Labute approximate surface area is 229 Å². The maximum atomic E-state index is 3.30. The van der Waals surface area contributed by atoms with Crippen LogP contribution in [0.25, 0.3) is 22.3 Å². The third-order valence-electron chi connectivity index (χ3n) is 5.23. The van der Waals surface area contributed by atoms with Gasteiger partial charge in [-0.05, 0) is 12.8 Å². The Hall–Kier alpha value is -0.774. The largest absolute Gasteiger partial charge is 2.00 e. The molecule has 0 saturated heterocycles. The minimum absolute atomic E-state index is 0. The molecule has 0 atom stereocenters. The van der Waals surface area contributed by atoms with Crippen molar-refractivity contribution >= 4 is 0 Å². The summed E-state index contributed by atoms with van der Waals surface area (Å²) >= 11 is 0. The normalized spacial score (nSPS) is 10.7. The standard InChI is InChI=1S/2C13H9.2ClH.2Zr/c2*1-3-7-12-10(5-1)9-11-6-2-4-8-13(11)12;;;;/h2*1-5,7-8H,9H2;2*1H;;/q2*-1;;;2*+2/p-2. The van der Waals surface area contributed by atoms with Crippen molar-refractivity contribution in [1.82, 2.24) is 0 Å². The van der Waals surface area contributed by atoms with Gasteiger partial charge in [0.2, 0.25) is 0 Å². The molecule has 0 spiro atoms. The fraction of sp³-hybridized carbons (Fsp3) is 0.0769. The molecule has 0 radical (unpaired) electrons. The van der Waals surface area contributed by atoms with Gasteiger partial charge in [0.15, 0.2) is 0 Å². The van der Waals surface area contributed by atoms with E-state index in [1.165, 1.54) is 44.5 Å². The summed E-state index contributed by atoms with van der Waals surface area (Å²) in [5.41, 5.74) is 11.0.